The first kappa shape index (κ1) is 26.4. The zero-order valence-corrected chi connectivity index (χ0v) is 21.7. The van der Waals surface area contributed by atoms with Gasteiger partial charge in [0.25, 0.3) is 5.56 Å². The lowest BCUT2D eigenvalue weighted by molar-refractivity contribution is -0.193. The third kappa shape index (κ3) is 4.28. The van der Waals surface area contributed by atoms with Crippen LogP contribution in [0.25, 0.3) is 22.3 Å². The van der Waals surface area contributed by atoms with Crippen molar-refractivity contribution in [3.8, 4) is 17.3 Å². The molecule has 4 aromatic rings. The summed E-state index contributed by atoms with van der Waals surface area (Å²) in [6.07, 6.45) is -5.66. The highest BCUT2D eigenvalue weighted by atomic mass is 19.4. The lowest BCUT2D eigenvalue weighted by atomic mass is 9.85. The minimum atomic E-state index is -4.75. The van der Waals surface area contributed by atoms with Gasteiger partial charge in [-0.25, -0.2) is 24.5 Å². The van der Waals surface area contributed by atoms with Crippen molar-refractivity contribution in [3.05, 3.63) is 81.5 Å². The van der Waals surface area contributed by atoms with Gasteiger partial charge in [0.05, 0.1) is 29.0 Å². The summed E-state index contributed by atoms with van der Waals surface area (Å²) >= 11 is 0. The highest BCUT2D eigenvalue weighted by Crippen LogP contribution is 2.41. The number of nitrogens with zero attached hydrogens (tertiary/aromatic N) is 4. The lowest BCUT2D eigenvalue weighted by Crippen LogP contribution is -2.49. The highest BCUT2D eigenvalue weighted by molar-refractivity contribution is 5.89. The molecule has 0 spiro atoms. The molecule has 0 aliphatic carbocycles. The number of fused-ring (bicyclic) bond motifs is 5. The van der Waals surface area contributed by atoms with Crippen molar-refractivity contribution in [2.45, 2.75) is 51.3 Å². The van der Waals surface area contributed by atoms with Crippen LogP contribution in [-0.2, 0) is 44.0 Å². The average molecular weight is 566 g/mol. The molecule has 10 nitrogen and oxygen atoms in total. The van der Waals surface area contributed by atoms with Crippen molar-refractivity contribution in [1.82, 2.24) is 19.5 Å². The SMILES string of the molecule is CC[C@@]1(OC(=O)C(C)Oc2cc(C(F)(F)F)ncn2)C(=O)OCc2c1cc1n(c2=O)Cc2cc3ccccc3nc2-1. The predicted octanol–water partition coefficient (Wildman–Crippen LogP) is 3.91. The molecule has 0 saturated carbocycles. The van der Waals surface area contributed by atoms with Crippen LogP contribution in [-0.4, -0.2) is 37.6 Å². The minimum Gasteiger partial charge on any atom is -0.463 e. The Morgan fingerprint density at radius 1 is 1.17 bits per heavy atom. The van der Waals surface area contributed by atoms with E-state index in [0.29, 0.717) is 23.8 Å². The summed E-state index contributed by atoms with van der Waals surface area (Å²) in [7, 11) is 0. The molecule has 5 heterocycles. The van der Waals surface area contributed by atoms with E-state index in [0.717, 1.165) is 16.5 Å². The van der Waals surface area contributed by atoms with Crippen LogP contribution in [0, 0.1) is 0 Å². The molecule has 0 fully saturated rings. The van der Waals surface area contributed by atoms with E-state index in [1.54, 1.807) is 13.0 Å². The van der Waals surface area contributed by atoms with E-state index < -0.39 is 47.0 Å². The third-order valence-corrected chi connectivity index (χ3v) is 7.22. The molecule has 2 aliphatic heterocycles. The van der Waals surface area contributed by atoms with E-state index in [1.807, 2.05) is 30.3 Å². The largest absolute Gasteiger partial charge is 0.463 e. The molecule has 41 heavy (non-hydrogen) atoms. The number of hydrogen-bond donors (Lipinski definition) is 0. The highest BCUT2D eigenvalue weighted by Gasteiger charge is 2.51. The maximum Gasteiger partial charge on any atom is 0.433 e. The van der Waals surface area contributed by atoms with E-state index in [9.17, 15) is 27.6 Å². The molecule has 2 atom stereocenters. The van der Waals surface area contributed by atoms with Crippen molar-refractivity contribution in [1.29, 1.82) is 0 Å². The zero-order valence-electron chi connectivity index (χ0n) is 21.7. The molecule has 6 rings (SSSR count). The first-order chi connectivity index (χ1) is 19.5. The van der Waals surface area contributed by atoms with Crippen LogP contribution in [0.15, 0.2) is 53.6 Å². The average Bonchev–Trinajstić information content (AvgIpc) is 3.30. The van der Waals surface area contributed by atoms with Crippen LogP contribution in [0.4, 0.5) is 13.2 Å². The van der Waals surface area contributed by atoms with E-state index in [4.69, 9.17) is 19.2 Å². The number of rotatable bonds is 5. The lowest BCUT2D eigenvalue weighted by Gasteiger charge is -2.36. The van der Waals surface area contributed by atoms with Crippen molar-refractivity contribution in [3.63, 3.8) is 0 Å². The Hall–Kier alpha value is -4.81. The summed E-state index contributed by atoms with van der Waals surface area (Å²) < 4.78 is 56.9. The summed E-state index contributed by atoms with van der Waals surface area (Å²) in [6.45, 7) is 2.77. The molecule has 1 unspecified atom stereocenters. The van der Waals surface area contributed by atoms with Gasteiger partial charge in [0.15, 0.2) is 11.8 Å². The van der Waals surface area contributed by atoms with E-state index >= 15 is 0 Å². The molecule has 0 N–H and O–H groups in total. The summed E-state index contributed by atoms with van der Waals surface area (Å²) in [5.41, 5.74) is -0.778. The van der Waals surface area contributed by atoms with Crippen LogP contribution < -0.4 is 10.3 Å². The third-order valence-electron chi connectivity index (χ3n) is 7.22. The van der Waals surface area contributed by atoms with E-state index in [1.165, 1.54) is 11.5 Å². The number of cyclic esters (lactones) is 1. The normalized spacial score (nSPS) is 18.2. The number of ether oxygens (including phenoxy) is 3. The van der Waals surface area contributed by atoms with Gasteiger partial charge < -0.3 is 18.8 Å². The molecular weight excluding hydrogens is 545 g/mol. The maximum atomic E-state index is 13.6. The molecule has 0 amide bonds. The van der Waals surface area contributed by atoms with E-state index in [2.05, 4.69) is 9.97 Å². The van der Waals surface area contributed by atoms with Crippen LogP contribution in [0.3, 0.4) is 0 Å². The minimum absolute atomic E-state index is 0.0933. The smallest absolute Gasteiger partial charge is 0.433 e. The number of carbonyl (C=O) groups excluding carboxylic acids is 2. The Morgan fingerprint density at radius 2 is 1.95 bits per heavy atom. The number of pyridine rings is 2. The summed E-state index contributed by atoms with van der Waals surface area (Å²) in [5, 5.41) is 0.909. The molecule has 3 aromatic heterocycles. The van der Waals surface area contributed by atoms with Gasteiger partial charge in [-0.1, -0.05) is 25.1 Å². The number of alkyl halides is 3. The van der Waals surface area contributed by atoms with Crippen molar-refractivity contribution in [2.24, 2.45) is 0 Å². The molecule has 1 aromatic carbocycles. The van der Waals surface area contributed by atoms with Gasteiger partial charge >= 0.3 is 18.1 Å². The number of esters is 2. The molecule has 2 aliphatic rings. The van der Waals surface area contributed by atoms with Gasteiger partial charge in [-0.05, 0) is 31.5 Å². The second-order valence-corrected chi connectivity index (χ2v) is 9.68. The zero-order chi connectivity index (χ0) is 29.1. The fraction of sp³-hybridized carbons (Fsp3) is 0.286. The van der Waals surface area contributed by atoms with Crippen molar-refractivity contribution >= 4 is 22.8 Å². The number of carbonyl (C=O) groups is 2. The second-order valence-electron chi connectivity index (χ2n) is 9.68. The number of hydrogen-bond acceptors (Lipinski definition) is 9. The summed E-state index contributed by atoms with van der Waals surface area (Å²) in [5.74, 6) is -2.47. The van der Waals surface area contributed by atoms with Gasteiger partial charge in [-0.15, -0.1) is 0 Å². The van der Waals surface area contributed by atoms with Gasteiger partial charge in [0.1, 0.15) is 12.9 Å². The van der Waals surface area contributed by atoms with Gasteiger partial charge in [0.2, 0.25) is 11.5 Å². The van der Waals surface area contributed by atoms with Crippen molar-refractivity contribution < 1.29 is 37.0 Å². The van der Waals surface area contributed by atoms with Gasteiger partial charge in [-0.3, -0.25) is 4.79 Å². The van der Waals surface area contributed by atoms with Crippen LogP contribution in [0.1, 0.15) is 42.7 Å². The van der Waals surface area contributed by atoms with Crippen LogP contribution in [0.2, 0.25) is 0 Å². The fourth-order valence-corrected chi connectivity index (χ4v) is 5.13. The fourth-order valence-electron chi connectivity index (χ4n) is 5.13. The molecule has 0 radical (unpaired) electrons. The Labute approximate surface area is 229 Å². The van der Waals surface area contributed by atoms with Crippen LogP contribution in [0.5, 0.6) is 5.88 Å². The number of halogens is 3. The summed E-state index contributed by atoms with van der Waals surface area (Å²) in [4.78, 5) is 51.5. The second kappa shape index (κ2) is 9.39. The Kier molecular flexibility index (Phi) is 6.05. The summed E-state index contributed by atoms with van der Waals surface area (Å²) in [6, 6.07) is 11.6. The molecular formula is C28H21F3N4O6. The molecule has 210 valence electrons. The first-order valence-electron chi connectivity index (χ1n) is 12.6. The number of benzene rings is 1. The molecule has 13 heteroatoms. The topological polar surface area (TPSA) is 122 Å². The molecule has 0 bridgehead atoms. The number of aromatic nitrogens is 4. The molecule has 0 saturated heterocycles. The van der Waals surface area contributed by atoms with Gasteiger partial charge in [0, 0.05) is 22.6 Å². The Morgan fingerprint density at radius 3 is 2.71 bits per heavy atom. The van der Waals surface area contributed by atoms with Crippen LogP contribution >= 0.6 is 0 Å². The predicted molar refractivity (Wildman–Crippen MR) is 136 cm³/mol. The quantitative estimate of drug-likeness (QED) is 0.292. The van der Waals surface area contributed by atoms with Gasteiger partial charge in [-0.2, -0.15) is 13.2 Å². The monoisotopic (exact) mass is 566 g/mol. The first-order valence-corrected chi connectivity index (χ1v) is 12.6. The number of para-hydroxylation sites is 1. The Balaban J connectivity index is 1.37. The Bertz CT molecular complexity index is 1800. The van der Waals surface area contributed by atoms with Crippen molar-refractivity contribution in [2.75, 3.05) is 0 Å². The maximum absolute atomic E-state index is 13.6. The van der Waals surface area contributed by atoms with E-state index in [-0.39, 0.29) is 30.7 Å². The standard InChI is InChI=1S/C28H21F3N4O6/c1-3-27(41-25(37)14(2)40-22-10-21(28(29,30)31)32-13-33-22)18-9-20-23-16(8-15-6-4-5-7-19(15)34-23)11-35(20)24(36)17(18)12-39-26(27)38/h4-10,13-14H,3,11-12H2,1-2H3/t14?,27-/m0/s1.